The van der Waals surface area contributed by atoms with Crippen LogP contribution in [0.5, 0.6) is 0 Å². The van der Waals surface area contributed by atoms with Crippen molar-refractivity contribution in [1.29, 1.82) is 0 Å². The van der Waals surface area contributed by atoms with Crippen LogP contribution >= 0.6 is 0 Å². The van der Waals surface area contributed by atoms with E-state index in [1.165, 1.54) is 17.7 Å². The van der Waals surface area contributed by atoms with Crippen molar-refractivity contribution >= 4 is 11.4 Å². The Bertz CT molecular complexity index is 426. The monoisotopic (exact) mass is 294 g/mol. The Morgan fingerprint density at radius 1 is 1.10 bits per heavy atom. The van der Waals surface area contributed by atoms with Crippen LogP contribution in [0.1, 0.15) is 12.0 Å². The van der Waals surface area contributed by atoms with Gasteiger partial charge in [0, 0.05) is 31.6 Å². The van der Waals surface area contributed by atoms with Crippen LogP contribution in [0.25, 0.3) is 0 Å². The second-order valence-electron chi connectivity index (χ2n) is 5.20. The molecule has 1 aromatic carbocycles. The first-order valence-corrected chi connectivity index (χ1v) is 7.59. The van der Waals surface area contributed by atoms with Crippen molar-refractivity contribution in [2.24, 2.45) is 0 Å². The van der Waals surface area contributed by atoms with Crippen molar-refractivity contribution in [2.75, 3.05) is 63.9 Å². The molecule has 0 radical (unpaired) electrons. The Morgan fingerprint density at radius 2 is 1.86 bits per heavy atom. The first-order valence-electron chi connectivity index (χ1n) is 7.59. The molecule has 0 saturated carbocycles. The van der Waals surface area contributed by atoms with E-state index < -0.39 is 0 Å². The van der Waals surface area contributed by atoms with Gasteiger partial charge in [0.2, 0.25) is 0 Å². The summed E-state index contributed by atoms with van der Waals surface area (Å²) >= 11 is 0. The minimum atomic E-state index is 0.618. The lowest BCUT2D eigenvalue weighted by Crippen LogP contribution is -2.32. The number of rotatable bonds is 9. The lowest BCUT2D eigenvalue weighted by Gasteiger charge is -2.31. The highest BCUT2D eigenvalue weighted by Crippen LogP contribution is 2.28. The van der Waals surface area contributed by atoms with Gasteiger partial charge in [-0.3, -0.25) is 0 Å². The maximum absolute atomic E-state index is 5.89. The molecule has 0 saturated heterocycles. The van der Waals surface area contributed by atoms with Gasteiger partial charge in [0.1, 0.15) is 0 Å². The molecule has 2 rings (SSSR count). The molecular weight excluding hydrogens is 268 g/mol. The van der Waals surface area contributed by atoms with Crippen LogP contribution in [0.4, 0.5) is 11.4 Å². The van der Waals surface area contributed by atoms with Crippen molar-refractivity contribution in [3.05, 3.63) is 23.8 Å². The van der Waals surface area contributed by atoms with E-state index in [9.17, 15) is 0 Å². The molecule has 1 aliphatic heterocycles. The van der Waals surface area contributed by atoms with Gasteiger partial charge in [-0.25, -0.2) is 0 Å². The molecule has 0 aromatic heterocycles. The van der Waals surface area contributed by atoms with Crippen LogP contribution in [0.2, 0.25) is 0 Å². The topological polar surface area (TPSA) is 57.0 Å². The van der Waals surface area contributed by atoms with Crippen LogP contribution < -0.4 is 10.6 Å². The van der Waals surface area contributed by atoms with Gasteiger partial charge in [0.25, 0.3) is 0 Å². The van der Waals surface area contributed by atoms with E-state index in [0.29, 0.717) is 33.0 Å². The summed E-state index contributed by atoms with van der Waals surface area (Å²) < 4.78 is 15.9. The van der Waals surface area contributed by atoms with E-state index in [1.807, 2.05) is 6.07 Å². The van der Waals surface area contributed by atoms with Crippen LogP contribution in [0, 0.1) is 0 Å². The molecule has 0 amide bonds. The fourth-order valence-electron chi connectivity index (χ4n) is 2.54. The zero-order valence-electron chi connectivity index (χ0n) is 12.8. The van der Waals surface area contributed by atoms with E-state index in [2.05, 4.69) is 17.0 Å². The maximum Gasteiger partial charge on any atom is 0.0701 e. The standard InChI is InChI=1S/C16H26N2O3/c1-19-9-10-21-12-11-20-8-7-18-6-2-3-14-4-5-15(17)13-16(14)18/h4-5,13H,2-3,6-12,17H2,1H3. The summed E-state index contributed by atoms with van der Waals surface area (Å²) in [5, 5.41) is 0. The number of nitrogens with two attached hydrogens (primary N) is 1. The second-order valence-corrected chi connectivity index (χ2v) is 5.20. The zero-order chi connectivity index (χ0) is 14.9. The lowest BCUT2D eigenvalue weighted by molar-refractivity contribution is 0.0264. The molecule has 21 heavy (non-hydrogen) atoms. The molecular formula is C16H26N2O3. The Balaban J connectivity index is 1.67. The van der Waals surface area contributed by atoms with Crippen LogP contribution in [-0.2, 0) is 20.6 Å². The number of anilines is 2. The van der Waals surface area contributed by atoms with Gasteiger partial charge in [0.05, 0.1) is 33.0 Å². The summed E-state index contributed by atoms with van der Waals surface area (Å²) in [5.74, 6) is 0. The lowest BCUT2D eigenvalue weighted by atomic mass is 10.0. The third-order valence-electron chi connectivity index (χ3n) is 3.63. The average Bonchev–Trinajstić information content (AvgIpc) is 2.50. The van der Waals surface area contributed by atoms with Gasteiger partial charge in [-0.1, -0.05) is 6.07 Å². The molecule has 1 heterocycles. The Morgan fingerprint density at radius 3 is 2.67 bits per heavy atom. The van der Waals surface area contributed by atoms with E-state index in [1.54, 1.807) is 7.11 Å². The molecule has 0 spiro atoms. The highest BCUT2D eigenvalue weighted by molar-refractivity contribution is 5.62. The van der Waals surface area contributed by atoms with Gasteiger partial charge in [-0.15, -0.1) is 0 Å². The third-order valence-corrected chi connectivity index (χ3v) is 3.63. The van der Waals surface area contributed by atoms with Crippen molar-refractivity contribution in [2.45, 2.75) is 12.8 Å². The Kier molecular flexibility index (Phi) is 6.79. The third kappa shape index (κ3) is 5.19. The highest BCUT2D eigenvalue weighted by Gasteiger charge is 2.16. The van der Waals surface area contributed by atoms with E-state index >= 15 is 0 Å². The second kappa shape index (κ2) is 8.87. The maximum atomic E-state index is 5.89. The molecule has 0 aliphatic carbocycles. The van der Waals surface area contributed by atoms with Gasteiger partial charge in [-0.05, 0) is 30.5 Å². The number of nitrogens with zero attached hydrogens (tertiary/aromatic N) is 1. The molecule has 2 N–H and O–H groups in total. The molecule has 0 atom stereocenters. The van der Waals surface area contributed by atoms with Gasteiger partial charge in [0.15, 0.2) is 0 Å². The number of nitrogen functional groups attached to an aromatic ring is 1. The predicted octanol–water partition coefficient (Wildman–Crippen LogP) is 1.70. The first-order chi connectivity index (χ1) is 10.3. The van der Waals surface area contributed by atoms with Crippen LogP contribution in [0.3, 0.4) is 0 Å². The van der Waals surface area contributed by atoms with Crippen molar-refractivity contribution < 1.29 is 14.2 Å². The molecule has 0 bridgehead atoms. The molecule has 5 heteroatoms. The molecule has 0 fully saturated rings. The molecule has 118 valence electrons. The Hall–Kier alpha value is -1.30. The number of benzene rings is 1. The SMILES string of the molecule is COCCOCCOCCN1CCCc2ccc(N)cc21. The summed E-state index contributed by atoms with van der Waals surface area (Å²) in [5.41, 5.74) is 9.37. The van der Waals surface area contributed by atoms with Crippen molar-refractivity contribution in [3.8, 4) is 0 Å². The molecule has 1 aromatic rings. The van der Waals surface area contributed by atoms with Gasteiger partial charge in [-0.2, -0.15) is 0 Å². The van der Waals surface area contributed by atoms with E-state index in [-0.39, 0.29) is 0 Å². The molecule has 0 unspecified atom stereocenters. The average molecular weight is 294 g/mol. The van der Waals surface area contributed by atoms with E-state index in [0.717, 1.165) is 25.2 Å². The smallest absolute Gasteiger partial charge is 0.0701 e. The fourth-order valence-corrected chi connectivity index (χ4v) is 2.54. The fraction of sp³-hybridized carbons (Fsp3) is 0.625. The summed E-state index contributed by atoms with van der Waals surface area (Å²) in [6, 6.07) is 6.19. The molecule has 1 aliphatic rings. The summed E-state index contributed by atoms with van der Waals surface area (Å²) in [6.45, 7) is 5.18. The largest absolute Gasteiger partial charge is 0.399 e. The van der Waals surface area contributed by atoms with Crippen molar-refractivity contribution in [1.82, 2.24) is 0 Å². The number of aryl methyl sites for hydroxylation is 1. The summed E-state index contributed by atoms with van der Waals surface area (Å²) in [6.07, 6.45) is 2.33. The Labute approximate surface area is 127 Å². The molecule has 5 nitrogen and oxygen atoms in total. The predicted molar refractivity (Wildman–Crippen MR) is 84.9 cm³/mol. The van der Waals surface area contributed by atoms with E-state index in [4.69, 9.17) is 19.9 Å². The zero-order valence-corrected chi connectivity index (χ0v) is 12.8. The number of ether oxygens (including phenoxy) is 3. The minimum Gasteiger partial charge on any atom is -0.399 e. The first kappa shape index (κ1) is 16.1. The number of hydrogen-bond acceptors (Lipinski definition) is 5. The highest BCUT2D eigenvalue weighted by atomic mass is 16.5. The number of fused-ring (bicyclic) bond motifs is 1. The summed E-state index contributed by atoms with van der Waals surface area (Å²) in [7, 11) is 1.67. The normalized spacial score (nSPS) is 14.2. The van der Waals surface area contributed by atoms with Gasteiger partial charge < -0.3 is 24.8 Å². The minimum absolute atomic E-state index is 0.618. The summed E-state index contributed by atoms with van der Waals surface area (Å²) in [4.78, 5) is 2.36. The number of methoxy groups -OCH3 is 1. The van der Waals surface area contributed by atoms with Gasteiger partial charge >= 0.3 is 0 Å². The van der Waals surface area contributed by atoms with Crippen LogP contribution in [-0.4, -0.2) is 53.2 Å². The number of hydrogen-bond donors (Lipinski definition) is 1. The quantitative estimate of drug-likeness (QED) is 0.555. The van der Waals surface area contributed by atoms with Crippen LogP contribution in [0.15, 0.2) is 18.2 Å². The van der Waals surface area contributed by atoms with Crippen molar-refractivity contribution in [3.63, 3.8) is 0 Å².